The van der Waals surface area contributed by atoms with Crippen molar-refractivity contribution in [1.82, 2.24) is 14.5 Å². The second-order valence-corrected chi connectivity index (χ2v) is 4.51. The van der Waals surface area contributed by atoms with E-state index >= 15 is 0 Å². The lowest BCUT2D eigenvalue weighted by Crippen LogP contribution is -1.93. The molecule has 0 spiro atoms. The van der Waals surface area contributed by atoms with Crippen LogP contribution in [0.4, 0.5) is 5.00 Å². The van der Waals surface area contributed by atoms with E-state index in [0.29, 0.717) is 0 Å². The lowest BCUT2D eigenvalue weighted by Gasteiger charge is -2.00. The summed E-state index contributed by atoms with van der Waals surface area (Å²) in [5.74, 6) is 0.891. The molecule has 3 aromatic rings. The summed E-state index contributed by atoms with van der Waals surface area (Å²) in [4.78, 5) is 8.61. The van der Waals surface area contributed by atoms with E-state index in [1.807, 2.05) is 29.1 Å². The molecule has 3 rings (SSSR count). The largest absolute Gasteiger partial charge is 0.390 e. The average Bonchev–Trinajstić information content (AvgIpc) is 2.84. The fourth-order valence-corrected chi connectivity index (χ4v) is 2.44. The minimum absolute atomic E-state index is 0.798. The molecule has 0 aromatic carbocycles. The Morgan fingerprint density at radius 1 is 1.38 bits per heavy atom. The number of nitrogen functional groups attached to an aromatic ring is 1. The zero-order chi connectivity index (χ0) is 11.1. The molecule has 0 fully saturated rings. The first-order valence-electron chi connectivity index (χ1n) is 4.87. The molecule has 0 unspecified atom stereocenters. The second-order valence-electron chi connectivity index (χ2n) is 3.56. The Kier molecular flexibility index (Phi) is 1.94. The van der Waals surface area contributed by atoms with Crippen LogP contribution < -0.4 is 5.73 Å². The van der Waals surface area contributed by atoms with Gasteiger partial charge in [-0.05, 0) is 17.5 Å². The van der Waals surface area contributed by atoms with Gasteiger partial charge in [0.1, 0.15) is 11.3 Å². The van der Waals surface area contributed by atoms with Crippen LogP contribution in [0, 0.1) is 0 Å². The summed E-state index contributed by atoms with van der Waals surface area (Å²) in [6.45, 7) is 0. The molecule has 0 aliphatic heterocycles. The molecule has 3 aromatic heterocycles. The van der Waals surface area contributed by atoms with Crippen LogP contribution in [0.15, 0.2) is 29.9 Å². The van der Waals surface area contributed by atoms with Gasteiger partial charge in [0.25, 0.3) is 0 Å². The highest BCUT2D eigenvalue weighted by Crippen LogP contribution is 2.31. The smallest absolute Gasteiger partial charge is 0.143 e. The van der Waals surface area contributed by atoms with Crippen molar-refractivity contribution < 1.29 is 0 Å². The number of imidazole rings is 1. The molecule has 0 bridgehead atoms. The molecule has 5 heteroatoms. The molecule has 3 heterocycles. The zero-order valence-electron chi connectivity index (χ0n) is 8.71. The lowest BCUT2D eigenvalue weighted by molar-refractivity contribution is 0.960. The van der Waals surface area contributed by atoms with E-state index in [2.05, 4.69) is 9.97 Å². The summed E-state index contributed by atoms with van der Waals surface area (Å²) in [7, 11) is 1.99. The van der Waals surface area contributed by atoms with Gasteiger partial charge in [-0.1, -0.05) is 0 Å². The van der Waals surface area contributed by atoms with Gasteiger partial charge in [0.2, 0.25) is 0 Å². The Labute approximate surface area is 96.4 Å². The standard InChI is InChI=1S/C11H10N4S/c1-15-9-2-4-13-6-8(9)14-11(15)7-3-5-16-10(7)12/h2-6H,12H2,1H3. The summed E-state index contributed by atoms with van der Waals surface area (Å²) in [5, 5.41) is 2.77. The van der Waals surface area contributed by atoms with Gasteiger partial charge in [-0.25, -0.2) is 4.98 Å². The normalized spacial score (nSPS) is 11.1. The van der Waals surface area contributed by atoms with Crippen molar-refractivity contribution in [3.63, 3.8) is 0 Å². The number of hydrogen-bond donors (Lipinski definition) is 1. The maximum Gasteiger partial charge on any atom is 0.143 e. The van der Waals surface area contributed by atoms with E-state index in [1.54, 1.807) is 12.4 Å². The number of nitrogens with two attached hydrogens (primary N) is 1. The van der Waals surface area contributed by atoms with Crippen LogP contribution in [0.5, 0.6) is 0 Å². The number of thiophene rings is 1. The Balaban J connectivity index is 2.33. The van der Waals surface area contributed by atoms with E-state index in [-0.39, 0.29) is 0 Å². The molecule has 0 amide bonds. The third-order valence-corrected chi connectivity index (χ3v) is 3.37. The van der Waals surface area contributed by atoms with Gasteiger partial charge in [-0.3, -0.25) is 4.98 Å². The van der Waals surface area contributed by atoms with Crippen LogP contribution >= 0.6 is 11.3 Å². The fraction of sp³-hybridized carbons (Fsp3) is 0.0909. The van der Waals surface area contributed by atoms with Gasteiger partial charge in [0, 0.05) is 13.2 Å². The van der Waals surface area contributed by atoms with Crippen molar-refractivity contribution in [1.29, 1.82) is 0 Å². The van der Waals surface area contributed by atoms with Crippen molar-refractivity contribution in [3.8, 4) is 11.4 Å². The molecular weight excluding hydrogens is 220 g/mol. The molecular formula is C11H10N4S. The third kappa shape index (κ3) is 1.22. The lowest BCUT2D eigenvalue weighted by atomic mass is 10.3. The first-order chi connectivity index (χ1) is 7.77. The predicted molar refractivity (Wildman–Crippen MR) is 66.2 cm³/mol. The summed E-state index contributed by atoms with van der Waals surface area (Å²) < 4.78 is 2.04. The number of aromatic nitrogens is 3. The Hall–Kier alpha value is -1.88. The van der Waals surface area contributed by atoms with Gasteiger partial charge in [-0.2, -0.15) is 0 Å². The highest BCUT2D eigenvalue weighted by Gasteiger charge is 2.12. The Morgan fingerprint density at radius 2 is 2.25 bits per heavy atom. The summed E-state index contributed by atoms with van der Waals surface area (Å²) in [6.07, 6.45) is 3.53. The quantitative estimate of drug-likeness (QED) is 0.697. The van der Waals surface area contributed by atoms with Crippen LogP contribution in [0.25, 0.3) is 22.4 Å². The second kappa shape index (κ2) is 3.31. The number of nitrogens with zero attached hydrogens (tertiary/aromatic N) is 3. The molecule has 0 aliphatic carbocycles. The number of anilines is 1. The monoisotopic (exact) mass is 230 g/mol. The van der Waals surface area contributed by atoms with Crippen LogP contribution in [0.3, 0.4) is 0 Å². The average molecular weight is 230 g/mol. The summed E-state index contributed by atoms with van der Waals surface area (Å²) in [5.41, 5.74) is 8.86. The van der Waals surface area contributed by atoms with Crippen molar-refractivity contribution in [2.24, 2.45) is 7.05 Å². The highest BCUT2D eigenvalue weighted by molar-refractivity contribution is 7.14. The predicted octanol–water partition coefficient (Wildman–Crippen LogP) is 2.28. The number of hydrogen-bond acceptors (Lipinski definition) is 4. The van der Waals surface area contributed by atoms with Gasteiger partial charge in [0.15, 0.2) is 0 Å². The van der Waals surface area contributed by atoms with E-state index in [1.165, 1.54) is 11.3 Å². The SMILES string of the molecule is Cn1c(-c2ccsc2N)nc2cnccc21. The summed E-state index contributed by atoms with van der Waals surface area (Å²) >= 11 is 1.53. The van der Waals surface area contributed by atoms with Crippen molar-refractivity contribution in [2.45, 2.75) is 0 Å². The number of fused-ring (bicyclic) bond motifs is 1. The number of pyridine rings is 1. The topological polar surface area (TPSA) is 56.7 Å². The van der Waals surface area contributed by atoms with Gasteiger partial charge < -0.3 is 10.3 Å². The van der Waals surface area contributed by atoms with Crippen LogP contribution in [0.1, 0.15) is 0 Å². The summed E-state index contributed by atoms with van der Waals surface area (Å²) in [6, 6.07) is 3.95. The Morgan fingerprint density at radius 3 is 2.94 bits per heavy atom. The highest BCUT2D eigenvalue weighted by atomic mass is 32.1. The Bertz CT molecular complexity index is 653. The maximum atomic E-state index is 5.91. The van der Waals surface area contributed by atoms with Crippen molar-refractivity contribution in [3.05, 3.63) is 29.9 Å². The third-order valence-electron chi connectivity index (χ3n) is 2.62. The van der Waals surface area contributed by atoms with E-state index in [4.69, 9.17) is 5.73 Å². The minimum Gasteiger partial charge on any atom is -0.390 e. The van der Waals surface area contributed by atoms with E-state index in [9.17, 15) is 0 Å². The van der Waals surface area contributed by atoms with Crippen LogP contribution in [-0.4, -0.2) is 14.5 Å². The molecule has 4 nitrogen and oxygen atoms in total. The minimum atomic E-state index is 0.798. The van der Waals surface area contributed by atoms with E-state index < -0.39 is 0 Å². The first-order valence-corrected chi connectivity index (χ1v) is 5.75. The number of aryl methyl sites for hydroxylation is 1. The first kappa shape index (κ1) is 9.35. The van der Waals surface area contributed by atoms with Crippen LogP contribution in [0.2, 0.25) is 0 Å². The molecule has 0 radical (unpaired) electrons. The van der Waals surface area contributed by atoms with E-state index in [0.717, 1.165) is 27.4 Å². The molecule has 16 heavy (non-hydrogen) atoms. The fourth-order valence-electron chi connectivity index (χ4n) is 1.80. The van der Waals surface area contributed by atoms with Crippen molar-refractivity contribution >= 4 is 27.4 Å². The molecule has 0 saturated heterocycles. The molecule has 2 N–H and O–H groups in total. The van der Waals surface area contributed by atoms with Gasteiger partial charge in [-0.15, -0.1) is 11.3 Å². The molecule has 0 saturated carbocycles. The molecule has 0 atom stereocenters. The van der Waals surface area contributed by atoms with Gasteiger partial charge in [0.05, 0.1) is 22.3 Å². The maximum absolute atomic E-state index is 5.91. The zero-order valence-corrected chi connectivity index (χ0v) is 9.53. The number of rotatable bonds is 1. The molecule has 80 valence electrons. The molecule has 0 aliphatic rings. The van der Waals surface area contributed by atoms with Gasteiger partial charge >= 0.3 is 0 Å². The van der Waals surface area contributed by atoms with Crippen molar-refractivity contribution in [2.75, 3.05) is 5.73 Å². The van der Waals surface area contributed by atoms with Crippen LogP contribution in [-0.2, 0) is 7.05 Å².